The molecule has 118 valence electrons. The van der Waals surface area contributed by atoms with Gasteiger partial charge >= 0.3 is 5.97 Å². The van der Waals surface area contributed by atoms with Crippen LogP contribution in [0.25, 0.3) is 5.57 Å². The van der Waals surface area contributed by atoms with Crippen molar-refractivity contribution in [3.05, 3.63) is 74.3 Å². The molecule has 0 radical (unpaired) electrons. The van der Waals surface area contributed by atoms with Gasteiger partial charge in [0.2, 0.25) is 0 Å². The molecule has 0 unspecified atom stereocenters. The van der Waals surface area contributed by atoms with Gasteiger partial charge in [-0.15, -0.1) is 0 Å². The van der Waals surface area contributed by atoms with Crippen molar-refractivity contribution >= 4 is 34.7 Å². The van der Waals surface area contributed by atoms with Crippen molar-refractivity contribution < 1.29 is 9.90 Å². The van der Waals surface area contributed by atoms with E-state index in [1.165, 1.54) is 0 Å². The maximum atomic E-state index is 11.8. The average molecular weight is 348 g/mol. The number of fused-ring (bicyclic) bond motifs is 1. The Morgan fingerprint density at radius 3 is 2.70 bits per heavy atom. The van der Waals surface area contributed by atoms with E-state index < -0.39 is 5.97 Å². The van der Waals surface area contributed by atoms with E-state index in [1.807, 2.05) is 31.3 Å². The molecule has 0 heterocycles. The third kappa shape index (κ3) is 2.88. The monoisotopic (exact) mass is 347 g/mol. The SMILES string of the molecule is CNCc1ccccc1C1=C(C(=O)O)Cc2cc(Cl)cc(Cl)c21. The van der Waals surface area contributed by atoms with E-state index in [0.29, 0.717) is 34.2 Å². The quantitative estimate of drug-likeness (QED) is 0.873. The van der Waals surface area contributed by atoms with E-state index >= 15 is 0 Å². The Morgan fingerprint density at radius 1 is 1.26 bits per heavy atom. The molecule has 0 spiro atoms. The van der Waals surface area contributed by atoms with Crippen LogP contribution >= 0.6 is 23.2 Å². The average Bonchev–Trinajstić information content (AvgIpc) is 2.88. The number of nitrogens with one attached hydrogen (secondary N) is 1. The molecular formula is C18H15Cl2NO2. The highest BCUT2D eigenvalue weighted by atomic mass is 35.5. The smallest absolute Gasteiger partial charge is 0.332 e. The van der Waals surface area contributed by atoms with Crippen LogP contribution in [0.15, 0.2) is 42.0 Å². The molecule has 0 aliphatic heterocycles. The molecule has 0 saturated carbocycles. The van der Waals surface area contributed by atoms with Gasteiger partial charge in [0.15, 0.2) is 0 Å². The normalized spacial score (nSPS) is 13.3. The summed E-state index contributed by atoms with van der Waals surface area (Å²) in [6, 6.07) is 11.2. The minimum atomic E-state index is -0.928. The fourth-order valence-corrected chi connectivity index (χ4v) is 3.69. The van der Waals surface area contributed by atoms with Gasteiger partial charge in [0.1, 0.15) is 0 Å². The van der Waals surface area contributed by atoms with Crippen molar-refractivity contribution in [2.75, 3.05) is 7.05 Å². The lowest BCUT2D eigenvalue weighted by atomic mass is 9.93. The third-order valence-electron chi connectivity index (χ3n) is 3.97. The first kappa shape index (κ1) is 16.1. The van der Waals surface area contributed by atoms with E-state index in [4.69, 9.17) is 23.2 Å². The molecule has 5 heteroatoms. The summed E-state index contributed by atoms with van der Waals surface area (Å²) < 4.78 is 0. The summed E-state index contributed by atoms with van der Waals surface area (Å²) in [4.78, 5) is 11.8. The fourth-order valence-electron chi connectivity index (χ4n) is 3.06. The van der Waals surface area contributed by atoms with Gasteiger partial charge in [-0.05, 0) is 35.9 Å². The Balaban J connectivity index is 2.28. The largest absolute Gasteiger partial charge is 0.478 e. The molecular weight excluding hydrogens is 333 g/mol. The summed E-state index contributed by atoms with van der Waals surface area (Å²) in [6.45, 7) is 0.646. The van der Waals surface area contributed by atoms with Crippen LogP contribution in [0.3, 0.4) is 0 Å². The zero-order valence-electron chi connectivity index (χ0n) is 12.5. The highest BCUT2D eigenvalue weighted by molar-refractivity contribution is 6.36. The van der Waals surface area contributed by atoms with Crippen LogP contribution in [0, 0.1) is 0 Å². The van der Waals surface area contributed by atoms with Crippen LogP contribution in [-0.4, -0.2) is 18.1 Å². The van der Waals surface area contributed by atoms with Crippen molar-refractivity contribution in [3.63, 3.8) is 0 Å². The van der Waals surface area contributed by atoms with Gasteiger partial charge in [-0.3, -0.25) is 0 Å². The van der Waals surface area contributed by atoms with Crippen molar-refractivity contribution in [2.45, 2.75) is 13.0 Å². The third-order valence-corrected chi connectivity index (χ3v) is 4.48. The van der Waals surface area contributed by atoms with Gasteiger partial charge in [0.05, 0.1) is 5.02 Å². The first-order valence-corrected chi connectivity index (χ1v) is 7.96. The molecule has 23 heavy (non-hydrogen) atoms. The summed E-state index contributed by atoms with van der Waals surface area (Å²) in [7, 11) is 1.86. The predicted molar refractivity (Wildman–Crippen MR) is 93.0 cm³/mol. The van der Waals surface area contributed by atoms with E-state index in [2.05, 4.69) is 5.32 Å². The van der Waals surface area contributed by atoms with Crippen LogP contribution in [-0.2, 0) is 17.8 Å². The molecule has 2 aromatic rings. The maximum absolute atomic E-state index is 11.8. The minimum absolute atomic E-state index is 0.328. The number of carboxylic acid groups (broad SMARTS) is 1. The minimum Gasteiger partial charge on any atom is -0.478 e. The summed E-state index contributed by atoms with van der Waals surface area (Å²) in [5.41, 5.74) is 4.60. The first-order valence-electron chi connectivity index (χ1n) is 7.20. The van der Waals surface area contributed by atoms with Gasteiger partial charge in [0.25, 0.3) is 0 Å². The topological polar surface area (TPSA) is 49.3 Å². The number of rotatable bonds is 4. The molecule has 0 saturated heterocycles. The van der Waals surface area contributed by atoms with Gasteiger partial charge < -0.3 is 10.4 Å². The number of hydrogen-bond acceptors (Lipinski definition) is 2. The molecule has 2 aromatic carbocycles. The number of halogens is 2. The van der Waals surface area contributed by atoms with E-state index in [1.54, 1.807) is 12.1 Å². The number of aliphatic carboxylic acids is 1. The second-order valence-corrected chi connectivity index (χ2v) is 6.29. The Hall–Kier alpha value is -1.81. The molecule has 2 N–H and O–H groups in total. The van der Waals surface area contributed by atoms with Crippen LogP contribution in [0.1, 0.15) is 22.3 Å². The summed E-state index contributed by atoms with van der Waals surface area (Å²) in [5, 5.41) is 13.8. The lowest BCUT2D eigenvalue weighted by Crippen LogP contribution is -2.09. The van der Waals surface area contributed by atoms with Crippen molar-refractivity contribution in [1.29, 1.82) is 0 Å². The predicted octanol–water partition coefficient (Wildman–Crippen LogP) is 4.16. The van der Waals surface area contributed by atoms with Gasteiger partial charge in [-0.25, -0.2) is 4.79 Å². The molecule has 0 amide bonds. The number of hydrogen-bond donors (Lipinski definition) is 2. The van der Waals surface area contributed by atoms with Gasteiger partial charge in [-0.1, -0.05) is 47.5 Å². The maximum Gasteiger partial charge on any atom is 0.332 e. The standard InChI is InChI=1S/C18H15Cl2NO2/c1-21-9-10-4-2-3-5-13(10)17-14(18(22)23)7-11-6-12(19)8-15(20)16(11)17/h2-6,8,21H,7,9H2,1H3,(H,22,23). The van der Waals surface area contributed by atoms with Crippen molar-refractivity contribution in [2.24, 2.45) is 0 Å². The molecule has 0 atom stereocenters. The molecule has 3 rings (SSSR count). The zero-order chi connectivity index (χ0) is 16.6. The lowest BCUT2D eigenvalue weighted by Gasteiger charge is -2.14. The summed E-state index contributed by atoms with van der Waals surface area (Å²) in [6.07, 6.45) is 0.328. The van der Waals surface area contributed by atoms with Gasteiger partial charge in [0, 0.05) is 34.7 Å². The molecule has 0 bridgehead atoms. The second-order valence-electron chi connectivity index (χ2n) is 5.44. The number of carbonyl (C=O) groups is 1. The van der Waals surface area contributed by atoms with Crippen LogP contribution in [0.2, 0.25) is 10.0 Å². The Bertz CT molecular complexity index is 828. The molecule has 0 fully saturated rings. The fraction of sp³-hybridized carbons (Fsp3) is 0.167. The Kier molecular flexibility index (Phi) is 4.44. The van der Waals surface area contributed by atoms with Crippen molar-refractivity contribution in [3.8, 4) is 0 Å². The van der Waals surface area contributed by atoms with Crippen LogP contribution in [0.4, 0.5) is 0 Å². The summed E-state index contributed by atoms with van der Waals surface area (Å²) >= 11 is 12.5. The first-order chi connectivity index (χ1) is 11.0. The summed E-state index contributed by atoms with van der Waals surface area (Å²) in [5.74, 6) is -0.928. The second kappa shape index (κ2) is 6.36. The Labute approximate surface area is 144 Å². The highest BCUT2D eigenvalue weighted by Crippen LogP contribution is 2.43. The molecule has 0 aromatic heterocycles. The van der Waals surface area contributed by atoms with Gasteiger partial charge in [-0.2, -0.15) is 0 Å². The highest BCUT2D eigenvalue weighted by Gasteiger charge is 2.30. The van der Waals surface area contributed by atoms with Crippen molar-refractivity contribution in [1.82, 2.24) is 5.32 Å². The lowest BCUT2D eigenvalue weighted by molar-refractivity contribution is -0.132. The van der Waals surface area contributed by atoms with E-state index in [-0.39, 0.29) is 0 Å². The Morgan fingerprint density at radius 2 is 2.00 bits per heavy atom. The molecule has 1 aliphatic carbocycles. The molecule has 1 aliphatic rings. The van der Waals surface area contributed by atoms with E-state index in [0.717, 1.165) is 22.3 Å². The van der Waals surface area contributed by atoms with Crippen LogP contribution < -0.4 is 5.32 Å². The van der Waals surface area contributed by atoms with E-state index in [9.17, 15) is 9.90 Å². The van der Waals surface area contributed by atoms with Crippen LogP contribution in [0.5, 0.6) is 0 Å². The number of benzene rings is 2. The zero-order valence-corrected chi connectivity index (χ0v) is 14.0. The number of carboxylic acids is 1. The molecule has 3 nitrogen and oxygen atoms in total.